The SMILES string of the molecule is O=C(NC1CCN(Cc2ccccc2)C1)C1CSCN1. The highest BCUT2D eigenvalue weighted by Crippen LogP contribution is 2.15. The fraction of sp³-hybridized carbons (Fsp3) is 0.533. The maximum atomic E-state index is 12.1. The van der Waals surface area contributed by atoms with Crippen molar-refractivity contribution in [3.63, 3.8) is 0 Å². The van der Waals surface area contributed by atoms with Crippen molar-refractivity contribution < 1.29 is 4.79 Å². The van der Waals surface area contributed by atoms with Gasteiger partial charge in [-0.3, -0.25) is 15.0 Å². The molecule has 0 radical (unpaired) electrons. The second-order valence-electron chi connectivity index (χ2n) is 5.49. The van der Waals surface area contributed by atoms with Crippen LogP contribution in [0.15, 0.2) is 30.3 Å². The molecule has 3 rings (SSSR count). The van der Waals surface area contributed by atoms with Crippen LogP contribution in [-0.2, 0) is 11.3 Å². The first-order valence-electron chi connectivity index (χ1n) is 7.19. The van der Waals surface area contributed by atoms with E-state index in [1.165, 1.54) is 5.56 Å². The first-order chi connectivity index (χ1) is 9.81. The van der Waals surface area contributed by atoms with Crippen LogP contribution in [0.5, 0.6) is 0 Å². The summed E-state index contributed by atoms with van der Waals surface area (Å²) in [6.45, 7) is 3.00. The Morgan fingerprint density at radius 1 is 1.40 bits per heavy atom. The van der Waals surface area contributed by atoms with Crippen molar-refractivity contribution >= 4 is 17.7 Å². The number of hydrogen-bond donors (Lipinski definition) is 2. The normalized spacial score (nSPS) is 26.8. The van der Waals surface area contributed by atoms with Crippen molar-refractivity contribution in [3.8, 4) is 0 Å². The molecule has 4 nitrogen and oxygen atoms in total. The number of carbonyl (C=O) groups excluding carboxylic acids is 1. The number of carbonyl (C=O) groups is 1. The van der Waals surface area contributed by atoms with E-state index < -0.39 is 0 Å². The molecule has 2 aliphatic rings. The van der Waals surface area contributed by atoms with Crippen LogP contribution in [0.25, 0.3) is 0 Å². The Hall–Kier alpha value is -1.04. The molecule has 1 aromatic rings. The predicted molar refractivity (Wildman–Crippen MR) is 82.5 cm³/mol. The van der Waals surface area contributed by atoms with E-state index in [0.29, 0.717) is 6.04 Å². The number of likely N-dealkylation sites (tertiary alicyclic amines) is 1. The molecule has 2 aliphatic heterocycles. The van der Waals surface area contributed by atoms with Crippen LogP contribution in [-0.4, -0.2) is 47.6 Å². The van der Waals surface area contributed by atoms with E-state index in [1.807, 2.05) is 6.07 Å². The van der Waals surface area contributed by atoms with Crippen LogP contribution in [0.1, 0.15) is 12.0 Å². The Labute approximate surface area is 124 Å². The smallest absolute Gasteiger partial charge is 0.238 e. The molecule has 1 aromatic carbocycles. The molecule has 0 aromatic heterocycles. The van der Waals surface area contributed by atoms with Crippen LogP contribution in [0.2, 0.25) is 0 Å². The molecule has 2 saturated heterocycles. The molecule has 108 valence electrons. The van der Waals surface area contributed by atoms with E-state index in [9.17, 15) is 4.79 Å². The Morgan fingerprint density at radius 3 is 3.00 bits per heavy atom. The van der Waals surface area contributed by atoms with E-state index >= 15 is 0 Å². The van der Waals surface area contributed by atoms with Gasteiger partial charge in [0.25, 0.3) is 0 Å². The number of amides is 1. The third-order valence-corrected chi connectivity index (χ3v) is 4.84. The standard InChI is InChI=1S/C15H21N3OS/c19-15(14-10-20-11-16-14)17-13-6-7-18(9-13)8-12-4-2-1-3-5-12/h1-5,13-14,16H,6-11H2,(H,17,19). The minimum atomic E-state index is 0.00294. The molecule has 0 aliphatic carbocycles. The molecule has 5 heteroatoms. The lowest BCUT2D eigenvalue weighted by Gasteiger charge is -2.18. The largest absolute Gasteiger partial charge is 0.351 e. The van der Waals surface area contributed by atoms with Gasteiger partial charge >= 0.3 is 0 Å². The average Bonchev–Trinajstić information content (AvgIpc) is 3.11. The molecule has 0 spiro atoms. The fourth-order valence-corrected chi connectivity index (χ4v) is 3.74. The van der Waals surface area contributed by atoms with Crippen molar-refractivity contribution in [1.29, 1.82) is 0 Å². The lowest BCUT2D eigenvalue weighted by molar-refractivity contribution is -0.123. The van der Waals surface area contributed by atoms with Crippen LogP contribution in [0, 0.1) is 0 Å². The van der Waals surface area contributed by atoms with Gasteiger partial charge in [-0.05, 0) is 12.0 Å². The highest BCUT2D eigenvalue weighted by Gasteiger charge is 2.28. The molecular formula is C15H21N3OS. The van der Waals surface area contributed by atoms with E-state index in [-0.39, 0.29) is 11.9 Å². The third kappa shape index (κ3) is 3.53. The van der Waals surface area contributed by atoms with Crippen molar-refractivity contribution in [3.05, 3.63) is 35.9 Å². The Kier molecular flexibility index (Phi) is 4.60. The quantitative estimate of drug-likeness (QED) is 0.870. The zero-order valence-electron chi connectivity index (χ0n) is 11.5. The molecule has 2 unspecified atom stereocenters. The highest BCUT2D eigenvalue weighted by molar-refractivity contribution is 7.99. The molecule has 2 heterocycles. The van der Waals surface area contributed by atoms with Crippen molar-refractivity contribution in [2.75, 3.05) is 24.7 Å². The molecule has 2 N–H and O–H groups in total. The lowest BCUT2D eigenvalue weighted by Crippen LogP contribution is -2.47. The van der Waals surface area contributed by atoms with Crippen LogP contribution >= 0.6 is 11.8 Å². The van der Waals surface area contributed by atoms with E-state index in [1.54, 1.807) is 11.8 Å². The number of nitrogens with one attached hydrogen (secondary N) is 2. The summed E-state index contributed by atoms with van der Waals surface area (Å²) in [5.74, 6) is 1.95. The number of rotatable bonds is 4. The molecule has 1 amide bonds. The Morgan fingerprint density at radius 2 is 2.25 bits per heavy atom. The molecule has 2 fully saturated rings. The van der Waals surface area contributed by atoms with Crippen molar-refractivity contribution in [2.24, 2.45) is 0 Å². The molecular weight excluding hydrogens is 270 g/mol. The van der Waals surface area contributed by atoms with Gasteiger partial charge in [0, 0.05) is 37.3 Å². The first kappa shape index (κ1) is 13.9. The summed E-state index contributed by atoms with van der Waals surface area (Å²) in [4.78, 5) is 14.5. The summed E-state index contributed by atoms with van der Waals surface area (Å²) in [6, 6.07) is 10.8. The lowest BCUT2D eigenvalue weighted by atomic mass is 10.2. The minimum Gasteiger partial charge on any atom is -0.351 e. The van der Waals surface area contributed by atoms with E-state index in [4.69, 9.17) is 0 Å². The van der Waals surface area contributed by atoms with Gasteiger partial charge in [-0.25, -0.2) is 0 Å². The van der Waals surface area contributed by atoms with Gasteiger partial charge in [-0.1, -0.05) is 30.3 Å². The summed E-state index contributed by atoms with van der Waals surface area (Å²) in [7, 11) is 0. The number of nitrogens with zero attached hydrogens (tertiary/aromatic N) is 1. The van der Waals surface area contributed by atoms with Crippen LogP contribution in [0.3, 0.4) is 0 Å². The molecule has 2 atom stereocenters. The van der Waals surface area contributed by atoms with Crippen LogP contribution < -0.4 is 10.6 Å². The second-order valence-corrected chi connectivity index (χ2v) is 6.52. The maximum absolute atomic E-state index is 12.1. The van der Waals surface area contributed by atoms with Gasteiger partial charge in [-0.2, -0.15) is 0 Å². The third-order valence-electron chi connectivity index (χ3n) is 3.90. The van der Waals surface area contributed by atoms with Crippen molar-refractivity contribution in [2.45, 2.75) is 25.0 Å². The van der Waals surface area contributed by atoms with Gasteiger partial charge in [0.05, 0.1) is 6.04 Å². The monoisotopic (exact) mass is 291 g/mol. The van der Waals surface area contributed by atoms with Gasteiger partial charge in [0.15, 0.2) is 0 Å². The first-order valence-corrected chi connectivity index (χ1v) is 8.34. The Balaban J connectivity index is 1.46. The zero-order valence-corrected chi connectivity index (χ0v) is 12.4. The molecule has 0 saturated carbocycles. The maximum Gasteiger partial charge on any atom is 0.238 e. The Bertz CT molecular complexity index is 448. The average molecular weight is 291 g/mol. The van der Waals surface area contributed by atoms with Gasteiger partial charge in [0.1, 0.15) is 0 Å². The molecule has 0 bridgehead atoms. The zero-order chi connectivity index (χ0) is 13.8. The molecule has 20 heavy (non-hydrogen) atoms. The summed E-state index contributed by atoms with van der Waals surface area (Å²) in [5, 5.41) is 6.40. The van der Waals surface area contributed by atoms with E-state index in [0.717, 1.165) is 37.7 Å². The van der Waals surface area contributed by atoms with Gasteiger partial charge in [-0.15, -0.1) is 11.8 Å². The topological polar surface area (TPSA) is 44.4 Å². The number of hydrogen-bond acceptors (Lipinski definition) is 4. The fourth-order valence-electron chi connectivity index (χ4n) is 2.80. The summed E-state index contributed by atoms with van der Waals surface area (Å²) < 4.78 is 0. The minimum absolute atomic E-state index is 0.00294. The second kappa shape index (κ2) is 6.61. The van der Waals surface area contributed by atoms with Gasteiger partial charge < -0.3 is 5.32 Å². The summed E-state index contributed by atoms with van der Waals surface area (Å²) >= 11 is 1.79. The van der Waals surface area contributed by atoms with Crippen molar-refractivity contribution in [1.82, 2.24) is 15.5 Å². The highest BCUT2D eigenvalue weighted by atomic mass is 32.2. The van der Waals surface area contributed by atoms with E-state index in [2.05, 4.69) is 39.8 Å². The van der Waals surface area contributed by atoms with Gasteiger partial charge in [0.2, 0.25) is 5.91 Å². The predicted octanol–water partition coefficient (Wildman–Crippen LogP) is 1.04. The number of benzene rings is 1. The van der Waals surface area contributed by atoms with Crippen LogP contribution in [0.4, 0.5) is 0 Å². The summed E-state index contributed by atoms with van der Waals surface area (Å²) in [6.07, 6.45) is 1.05. The summed E-state index contributed by atoms with van der Waals surface area (Å²) in [5.41, 5.74) is 1.34. The number of thioether (sulfide) groups is 1.